The van der Waals surface area contributed by atoms with Gasteiger partial charge in [0, 0.05) is 10.9 Å². The summed E-state index contributed by atoms with van der Waals surface area (Å²) in [6, 6.07) is 12.4. The molecule has 0 aliphatic heterocycles. The molecule has 2 aromatic carbocycles. The molecule has 1 N–H and O–H groups in total. The lowest BCUT2D eigenvalue weighted by molar-refractivity contribution is 0.188. The van der Waals surface area contributed by atoms with Gasteiger partial charge in [-0.3, -0.25) is 0 Å². The first-order valence-electron chi connectivity index (χ1n) is 6.30. The number of halogens is 2. The predicted molar refractivity (Wildman–Crippen MR) is 83.3 cm³/mol. The van der Waals surface area contributed by atoms with E-state index in [9.17, 15) is 5.11 Å². The first kappa shape index (κ1) is 14.3. The second-order valence-corrected chi connectivity index (χ2v) is 5.38. The summed E-state index contributed by atoms with van der Waals surface area (Å²) in [4.78, 5) is 0. The minimum Gasteiger partial charge on any atom is -0.496 e. The summed E-state index contributed by atoms with van der Waals surface area (Å²) in [6.45, 7) is 0. The van der Waals surface area contributed by atoms with Gasteiger partial charge in [-0.15, -0.1) is 0 Å². The molecule has 0 aliphatic rings. The zero-order valence-corrected chi connectivity index (χ0v) is 12.7. The highest BCUT2D eigenvalue weighted by Crippen LogP contribution is 2.38. The molecule has 0 bridgehead atoms. The summed E-state index contributed by atoms with van der Waals surface area (Å²) in [5, 5.41) is 12.3. The van der Waals surface area contributed by atoms with Gasteiger partial charge in [-0.05, 0) is 24.3 Å². The number of aliphatic hydroxyl groups is 1. The largest absolute Gasteiger partial charge is 0.496 e. The van der Waals surface area contributed by atoms with Crippen molar-refractivity contribution in [2.75, 3.05) is 7.11 Å². The SMILES string of the molecule is COc1cccc(Cl)c1C(O)c1cc2cccc(Cl)c2o1. The number of furan rings is 1. The highest BCUT2D eigenvalue weighted by Gasteiger charge is 2.22. The molecule has 0 saturated carbocycles. The zero-order valence-electron chi connectivity index (χ0n) is 11.1. The third-order valence-electron chi connectivity index (χ3n) is 3.29. The topological polar surface area (TPSA) is 42.6 Å². The molecule has 3 aromatic rings. The fourth-order valence-electron chi connectivity index (χ4n) is 2.29. The molecule has 21 heavy (non-hydrogen) atoms. The maximum absolute atomic E-state index is 10.6. The van der Waals surface area contributed by atoms with Crippen molar-refractivity contribution in [3.63, 3.8) is 0 Å². The van der Waals surface area contributed by atoms with E-state index in [1.807, 2.05) is 12.1 Å². The average Bonchev–Trinajstić information content (AvgIpc) is 2.92. The van der Waals surface area contributed by atoms with E-state index in [1.54, 1.807) is 30.3 Å². The van der Waals surface area contributed by atoms with Gasteiger partial charge in [0.2, 0.25) is 0 Å². The van der Waals surface area contributed by atoms with Crippen molar-refractivity contribution < 1.29 is 14.3 Å². The summed E-state index contributed by atoms with van der Waals surface area (Å²) in [5.41, 5.74) is 1.01. The first-order valence-corrected chi connectivity index (χ1v) is 7.06. The standard InChI is InChI=1S/C16H12Cl2O3/c1-20-12-7-3-5-10(17)14(12)15(19)13-8-9-4-2-6-11(18)16(9)21-13/h2-8,15,19H,1H3. The number of hydrogen-bond donors (Lipinski definition) is 1. The minimum atomic E-state index is -1.03. The zero-order chi connectivity index (χ0) is 15.0. The van der Waals surface area contributed by atoms with Crippen LogP contribution in [0.3, 0.4) is 0 Å². The predicted octanol–water partition coefficient (Wildman–Crippen LogP) is 4.83. The normalized spacial score (nSPS) is 12.6. The Hall–Kier alpha value is -1.68. The lowest BCUT2D eigenvalue weighted by Crippen LogP contribution is -2.02. The van der Waals surface area contributed by atoms with Gasteiger partial charge in [-0.2, -0.15) is 0 Å². The number of rotatable bonds is 3. The highest BCUT2D eigenvalue weighted by molar-refractivity contribution is 6.34. The van der Waals surface area contributed by atoms with E-state index in [2.05, 4.69) is 0 Å². The maximum atomic E-state index is 10.6. The fourth-order valence-corrected chi connectivity index (χ4v) is 2.77. The van der Waals surface area contributed by atoms with Gasteiger partial charge in [0.25, 0.3) is 0 Å². The molecule has 5 heteroatoms. The van der Waals surface area contributed by atoms with Crippen molar-refractivity contribution in [2.45, 2.75) is 6.10 Å². The molecule has 0 amide bonds. The number of hydrogen-bond acceptors (Lipinski definition) is 3. The van der Waals surface area contributed by atoms with Gasteiger partial charge >= 0.3 is 0 Å². The summed E-state index contributed by atoms with van der Waals surface area (Å²) in [6.07, 6.45) is -1.03. The van der Waals surface area contributed by atoms with Crippen molar-refractivity contribution >= 4 is 34.2 Å². The summed E-state index contributed by atoms with van der Waals surface area (Å²) >= 11 is 12.3. The van der Waals surface area contributed by atoms with E-state index in [-0.39, 0.29) is 0 Å². The van der Waals surface area contributed by atoms with Crippen molar-refractivity contribution in [3.8, 4) is 5.75 Å². The molecule has 1 unspecified atom stereocenters. The third-order valence-corrected chi connectivity index (χ3v) is 3.92. The lowest BCUT2D eigenvalue weighted by Gasteiger charge is -2.14. The van der Waals surface area contributed by atoms with Crippen molar-refractivity contribution in [2.24, 2.45) is 0 Å². The molecule has 1 aromatic heterocycles. The summed E-state index contributed by atoms with van der Waals surface area (Å²) < 4.78 is 10.9. The van der Waals surface area contributed by atoms with Gasteiger partial charge in [0.1, 0.15) is 17.6 Å². The molecule has 0 radical (unpaired) electrons. The van der Waals surface area contributed by atoms with E-state index < -0.39 is 6.10 Å². The molecule has 3 nitrogen and oxygen atoms in total. The molecule has 0 spiro atoms. The Kier molecular flexibility index (Phi) is 3.81. The molecular formula is C16H12Cl2O3. The van der Waals surface area contributed by atoms with Crippen LogP contribution in [0, 0.1) is 0 Å². The van der Waals surface area contributed by atoms with Crippen LogP contribution < -0.4 is 4.74 Å². The molecular weight excluding hydrogens is 311 g/mol. The number of para-hydroxylation sites is 1. The van der Waals surface area contributed by atoms with Crippen molar-refractivity contribution in [1.29, 1.82) is 0 Å². The second-order valence-electron chi connectivity index (χ2n) is 4.57. The van der Waals surface area contributed by atoms with Crippen LogP contribution in [0.15, 0.2) is 46.9 Å². The molecule has 108 valence electrons. The molecule has 0 aliphatic carbocycles. The van der Waals surface area contributed by atoms with Crippen LogP contribution >= 0.6 is 23.2 Å². The van der Waals surface area contributed by atoms with E-state index in [0.717, 1.165) is 5.39 Å². The van der Waals surface area contributed by atoms with Crippen molar-refractivity contribution in [1.82, 2.24) is 0 Å². The van der Waals surface area contributed by atoms with E-state index in [4.69, 9.17) is 32.4 Å². The number of methoxy groups -OCH3 is 1. The summed E-state index contributed by atoms with van der Waals surface area (Å²) in [5.74, 6) is 0.867. The Morgan fingerprint density at radius 1 is 1.10 bits per heavy atom. The number of ether oxygens (including phenoxy) is 1. The van der Waals surface area contributed by atoms with E-state index >= 15 is 0 Å². The molecule has 1 atom stereocenters. The van der Waals surface area contributed by atoms with Crippen LogP contribution in [0.2, 0.25) is 10.0 Å². The van der Waals surface area contributed by atoms with E-state index in [1.165, 1.54) is 7.11 Å². The average molecular weight is 323 g/mol. The molecule has 1 heterocycles. The minimum absolute atomic E-state index is 0.365. The van der Waals surface area contributed by atoms with Gasteiger partial charge in [0.15, 0.2) is 5.58 Å². The van der Waals surface area contributed by atoms with E-state index in [0.29, 0.717) is 32.7 Å². The van der Waals surface area contributed by atoms with Crippen LogP contribution in [-0.4, -0.2) is 12.2 Å². The Morgan fingerprint density at radius 3 is 2.52 bits per heavy atom. The van der Waals surface area contributed by atoms with Gasteiger partial charge in [0.05, 0.1) is 17.2 Å². The van der Waals surface area contributed by atoms with Gasteiger partial charge in [-0.25, -0.2) is 0 Å². The van der Waals surface area contributed by atoms with Crippen molar-refractivity contribution in [3.05, 3.63) is 63.8 Å². The number of aliphatic hydroxyl groups excluding tert-OH is 1. The Bertz CT molecular complexity index is 795. The number of benzene rings is 2. The highest BCUT2D eigenvalue weighted by atomic mass is 35.5. The van der Waals surface area contributed by atoms with Crippen LogP contribution in [0.5, 0.6) is 5.75 Å². The van der Waals surface area contributed by atoms with Crippen LogP contribution in [0.25, 0.3) is 11.0 Å². The maximum Gasteiger partial charge on any atom is 0.153 e. The summed E-state index contributed by atoms with van der Waals surface area (Å²) in [7, 11) is 1.53. The number of fused-ring (bicyclic) bond motifs is 1. The van der Waals surface area contributed by atoms with Gasteiger partial charge < -0.3 is 14.3 Å². The molecule has 0 saturated heterocycles. The third kappa shape index (κ3) is 2.48. The monoisotopic (exact) mass is 322 g/mol. The Labute approximate surface area is 131 Å². The van der Waals surface area contributed by atoms with Crippen LogP contribution in [0.4, 0.5) is 0 Å². The Morgan fingerprint density at radius 2 is 1.81 bits per heavy atom. The second kappa shape index (κ2) is 5.60. The quantitative estimate of drug-likeness (QED) is 0.751. The molecule has 3 rings (SSSR count). The molecule has 0 fully saturated rings. The van der Waals surface area contributed by atoms with Crippen LogP contribution in [0.1, 0.15) is 17.4 Å². The Balaban J connectivity index is 2.13. The van der Waals surface area contributed by atoms with Crippen LogP contribution in [-0.2, 0) is 0 Å². The van der Waals surface area contributed by atoms with Gasteiger partial charge in [-0.1, -0.05) is 41.4 Å². The lowest BCUT2D eigenvalue weighted by atomic mass is 10.1. The first-order chi connectivity index (χ1) is 10.1. The fraction of sp³-hybridized carbons (Fsp3) is 0.125. The smallest absolute Gasteiger partial charge is 0.153 e.